The van der Waals surface area contributed by atoms with Gasteiger partial charge in [0.25, 0.3) is 0 Å². The molecule has 0 saturated carbocycles. The monoisotopic (exact) mass is 413 g/mol. The molecule has 0 aliphatic carbocycles. The van der Waals surface area contributed by atoms with E-state index in [2.05, 4.69) is 22.2 Å². The van der Waals surface area contributed by atoms with Crippen molar-refractivity contribution >= 4 is 34.2 Å². The number of hydrogen-bond acceptors (Lipinski definition) is 6. The smallest absolute Gasteiger partial charge is 0.248 e. The van der Waals surface area contributed by atoms with Crippen molar-refractivity contribution in [3.63, 3.8) is 0 Å². The molecule has 1 atom stereocenters. The molecule has 0 bridgehead atoms. The van der Waals surface area contributed by atoms with E-state index in [1.54, 1.807) is 17.9 Å². The van der Waals surface area contributed by atoms with E-state index < -0.39 is 6.04 Å². The molecule has 0 radical (unpaired) electrons. The second-order valence-corrected chi connectivity index (χ2v) is 7.25. The highest BCUT2D eigenvalue weighted by atomic mass is 32.1. The molecule has 2 heterocycles. The Bertz CT molecular complexity index is 970. The van der Waals surface area contributed by atoms with Gasteiger partial charge >= 0.3 is 0 Å². The summed E-state index contributed by atoms with van der Waals surface area (Å²) in [7, 11) is 1.57. The number of carbonyl (C=O) groups excluding carboxylic acids is 2. The second-order valence-electron chi connectivity index (χ2n) is 6.27. The van der Waals surface area contributed by atoms with Gasteiger partial charge in [0, 0.05) is 25.1 Å². The van der Waals surface area contributed by atoms with Crippen molar-refractivity contribution in [1.29, 1.82) is 0 Å². The summed E-state index contributed by atoms with van der Waals surface area (Å²) >= 11 is 1.43. The van der Waals surface area contributed by atoms with Crippen molar-refractivity contribution in [1.82, 2.24) is 25.2 Å². The zero-order valence-electron chi connectivity index (χ0n) is 16.2. The fraction of sp³-hybridized carbons (Fsp3) is 0.300. The van der Waals surface area contributed by atoms with Crippen molar-refractivity contribution in [2.45, 2.75) is 12.6 Å². The Labute approximate surface area is 172 Å². The first-order valence-corrected chi connectivity index (χ1v) is 10.0. The zero-order chi connectivity index (χ0) is 20.6. The van der Waals surface area contributed by atoms with Gasteiger partial charge in [-0.1, -0.05) is 29.5 Å². The van der Waals surface area contributed by atoms with Crippen molar-refractivity contribution in [3.05, 3.63) is 59.3 Å². The summed E-state index contributed by atoms with van der Waals surface area (Å²) in [4.78, 5) is 28.4. The molecule has 0 spiro atoms. The number of thiophene rings is 1. The fourth-order valence-corrected chi connectivity index (χ4v) is 3.82. The number of fused-ring (bicyclic) bond motifs is 1. The van der Waals surface area contributed by atoms with Crippen LogP contribution in [0.4, 0.5) is 0 Å². The maximum absolute atomic E-state index is 13.2. The van der Waals surface area contributed by atoms with Crippen LogP contribution in [0.2, 0.25) is 0 Å². The summed E-state index contributed by atoms with van der Waals surface area (Å²) in [6.07, 6.45) is 1.61. The lowest BCUT2D eigenvalue weighted by Gasteiger charge is -2.29. The fourth-order valence-electron chi connectivity index (χ4n) is 2.99. The van der Waals surface area contributed by atoms with Crippen LogP contribution in [-0.2, 0) is 20.9 Å². The number of methoxy groups -OCH3 is 1. The first-order valence-electron chi connectivity index (χ1n) is 9.14. The van der Waals surface area contributed by atoms with Gasteiger partial charge < -0.3 is 15.0 Å². The molecule has 3 rings (SSSR count). The number of nitrogens with one attached hydrogen (secondary N) is 1. The Kier molecular flexibility index (Phi) is 7.09. The zero-order valence-corrected chi connectivity index (χ0v) is 17.0. The Balaban J connectivity index is 1.86. The molecular weight excluding hydrogens is 390 g/mol. The first-order chi connectivity index (χ1) is 14.2. The molecule has 9 heteroatoms. The Morgan fingerprint density at radius 1 is 1.34 bits per heavy atom. The minimum absolute atomic E-state index is 0.0262. The van der Waals surface area contributed by atoms with E-state index in [4.69, 9.17) is 4.74 Å². The average molecular weight is 414 g/mol. The molecule has 0 saturated heterocycles. The molecule has 1 N–H and O–H groups in total. The van der Waals surface area contributed by atoms with Gasteiger partial charge in [0.2, 0.25) is 11.8 Å². The van der Waals surface area contributed by atoms with Gasteiger partial charge in [-0.05, 0) is 23.6 Å². The largest absolute Gasteiger partial charge is 0.383 e. The number of ether oxygens (including phenoxy) is 1. The number of rotatable bonds is 10. The van der Waals surface area contributed by atoms with Crippen LogP contribution in [0.1, 0.15) is 10.9 Å². The quantitative estimate of drug-likeness (QED) is 0.406. The highest BCUT2D eigenvalue weighted by Gasteiger charge is 2.31. The average Bonchev–Trinajstić information content (AvgIpc) is 3.38. The lowest BCUT2D eigenvalue weighted by molar-refractivity contribution is -0.140. The topological polar surface area (TPSA) is 89.4 Å². The van der Waals surface area contributed by atoms with E-state index in [-0.39, 0.29) is 24.9 Å². The Morgan fingerprint density at radius 3 is 2.90 bits per heavy atom. The molecule has 0 fully saturated rings. The number of hydrogen-bond donors (Lipinski definition) is 1. The van der Waals surface area contributed by atoms with Crippen LogP contribution in [0.5, 0.6) is 0 Å². The Hall–Kier alpha value is -3.04. The van der Waals surface area contributed by atoms with Crippen molar-refractivity contribution in [2.75, 3.05) is 26.8 Å². The number of benzene rings is 1. The maximum Gasteiger partial charge on any atom is 0.248 e. The number of nitrogens with zero attached hydrogens (tertiary/aromatic N) is 4. The summed E-state index contributed by atoms with van der Waals surface area (Å²) < 4.78 is 6.55. The third-order valence-corrected chi connectivity index (χ3v) is 5.25. The molecule has 0 unspecified atom stereocenters. The molecule has 0 aliphatic rings. The van der Waals surface area contributed by atoms with Gasteiger partial charge in [0.1, 0.15) is 18.1 Å². The molecule has 8 nitrogen and oxygen atoms in total. The highest BCUT2D eigenvalue weighted by Crippen LogP contribution is 2.26. The normalized spacial score (nSPS) is 11.9. The van der Waals surface area contributed by atoms with Crippen molar-refractivity contribution < 1.29 is 14.3 Å². The number of aromatic nitrogens is 3. The predicted molar refractivity (Wildman–Crippen MR) is 111 cm³/mol. The van der Waals surface area contributed by atoms with Crippen LogP contribution >= 0.6 is 11.3 Å². The van der Waals surface area contributed by atoms with Crippen LogP contribution in [-0.4, -0.2) is 58.5 Å². The van der Waals surface area contributed by atoms with Crippen LogP contribution in [0.3, 0.4) is 0 Å². The first kappa shape index (κ1) is 20.7. The Morgan fingerprint density at radius 2 is 2.17 bits per heavy atom. The third kappa shape index (κ3) is 4.87. The minimum Gasteiger partial charge on any atom is -0.383 e. The van der Waals surface area contributed by atoms with Crippen molar-refractivity contribution in [2.24, 2.45) is 0 Å². The molecule has 0 aliphatic heterocycles. The molecule has 1 aromatic carbocycles. The van der Waals surface area contributed by atoms with Crippen LogP contribution < -0.4 is 5.32 Å². The van der Waals surface area contributed by atoms with Gasteiger partial charge in [-0.15, -0.1) is 23.0 Å². The van der Waals surface area contributed by atoms with E-state index in [1.165, 1.54) is 16.2 Å². The van der Waals surface area contributed by atoms with Gasteiger partial charge in [0.15, 0.2) is 0 Å². The molecule has 2 amide bonds. The van der Waals surface area contributed by atoms with E-state index in [9.17, 15) is 9.59 Å². The summed E-state index contributed by atoms with van der Waals surface area (Å²) in [5, 5.41) is 12.9. The molecule has 152 valence electrons. The van der Waals surface area contributed by atoms with E-state index in [0.717, 1.165) is 10.4 Å². The summed E-state index contributed by atoms with van der Waals surface area (Å²) in [5.74, 6) is -0.510. The lowest BCUT2D eigenvalue weighted by Crippen LogP contribution is -2.45. The number of para-hydroxylation sites is 1. The van der Waals surface area contributed by atoms with E-state index in [0.29, 0.717) is 18.7 Å². The SMILES string of the molecule is C=CCN(C(=O)Cn1nnc2ccccc21)[C@@H](C(=O)NCCOC)c1cccs1. The van der Waals surface area contributed by atoms with Crippen molar-refractivity contribution in [3.8, 4) is 0 Å². The predicted octanol–water partition coefficient (Wildman–Crippen LogP) is 2.01. The summed E-state index contributed by atoms with van der Waals surface area (Å²) in [6.45, 7) is 4.71. The van der Waals surface area contributed by atoms with Crippen LogP contribution in [0, 0.1) is 0 Å². The summed E-state index contributed by atoms with van der Waals surface area (Å²) in [6, 6.07) is 10.4. The molecule has 29 heavy (non-hydrogen) atoms. The van der Waals surface area contributed by atoms with E-state index >= 15 is 0 Å². The second kappa shape index (κ2) is 9.94. The maximum atomic E-state index is 13.2. The number of carbonyl (C=O) groups is 2. The number of amides is 2. The van der Waals surface area contributed by atoms with Crippen LogP contribution in [0.25, 0.3) is 11.0 Å². The van der Waals surface area contributed by atoms with Gasteiger partial charge in [-0.25, -0.2) is 4.68 Å². The molecular formula is C20H23N5O3S. The van der Waals surface area contributed by atoms with E-state index in [1.807, 2.05) is 41.8 Å². The van der Waals surface area contributed by atoms with Crippen LogP contribution in [0.15, 0.2) is 54.4 Å². The standard InChI is InChI=1S/C20H23N5O3S/c1-3-11-24(18(26)14-25-16-8-5-4-7-15(16)22-23-25)19(17-9-6-13-29-17)20(27)21-10-12-28-2/h3-9,13,19H,1,10-12,14H2,2H3,(H,21,27)/t19-/m1/s1. The third-order valence-electron chi connectivity index (χ3n) is 4.33. The van der Waals surface area contributed by atoms with Gasteiger partial charge in [0.05, 0.1) is 12.1 Å². The molecule has 2 aromatic heterocycles. The van der Waals surface area contributed by atoms with Gasteiger partial charge in [-0.2, -0.15) is 0 Å². The lowest BCUT2D eigenvalue weighted by atomic mass is 10.1. The van der Waals surface area contributed by atoms with Gasteiger partial charge in [-0.3, -0.25) is 9.59 Å². The summed E-state index contributed by atoms with van der Waals surface area (Å²) in [5.41, 5.74) is 1.47. The highest BCUT2D eigenvalue weighted by molar-refractivity contribution is 7.10. The minimum atomic E-state index is -0.757. The molecule has 3 aromatic rings.